The second kappa shape index (κ2) is 5.25. The predicted octanol–water partition coefficient (Wildman–Crippen LogP) is 3.94. The summed E-state index contributed by atoms with van der Waals surface area (Å²) in [6.07, 6.45) is -1.63. The van der Waals surface area contributed by atoms with Crippen LogP contribution in [-0.2, 0) is 0 Å². The van der Waals surface area contributed by atoms with Crippen LogP contribution >= 0.6 is 0 Å². The van der Waals surface area contributed by atoms with Crippen LogP contribution in [-0.4, -0.2) is 5.11 Å². The van der Waals surface area contributed by atoms with Gasteiger partial charge in [-0.1, -0.05) is 0 Å². The van der Waals surface area contributed by atoms with Gasteiger partial charge in [0.1, 0.15) is 29.4 Å². The molecule has 0 aromatic heterocycles. The van der Waals surface area contributed by atoms with Gasteiger partial charge < -0.3 is 5.11 Å². The molecule has 2 aromatic carbocycles. The second-order valence-corrected chi connectivity index (χ2v) is 4.64. The highest BCUT2D eigenvalue weighted by molar-refractivity contribution is 5.41. The molecule has 106 valence electrons. The van der Waals surface area contributed by atoms with Gasteiger partial charge in [-0.25, -0.2) is 17.6 Å². The Labute approximate surface area is 113 Å². The molecule has 0 aliphatic carbocycles. The first-order valence-electron chi connectivity index (χ1n) is 5.90. The van der Waals surface area contributed by atoms with Crippen molar-refractivity contribution >= 4 is 0 Å². The molecule has 5 heteroatoms. The number of aliphatic hydroxyl groups excluding tert-OH is 1. The van der Waals surface area contributed by atoms with Gasteiger partial charge in [0.05, 0.1) is 5.56 Å². The average molecular weight is 284 g/mol. The number of hydrogen-bond donors (Lipinski definition) is 1. The molecule has 2 aromatic rings. The molecule has 0 fully saturated rings. The van der Waals surface area contributed by atoms with Crippen molar-refractivity contribution < 1.29 is 22.7 Å². The number of rotatable bonds is 2. The molecule has 20 heavy (non-hydrogen) atoms. The first-order valence-corrected chi connectivity index (χ1v) is 5.90. The van der Waals surface area contributed by atoms with Crippen molar-refractivity contribution in [3.8, 4) is 0 Å². The molecule has 1 N–H and O–H groups in total. The molecular formula is C15H12F4O. The van der Waals surface area contributed by atoms with Gasteiger partial charge in [-0.2, -0.15) is 0 Å². The standard InChI is InChI=1S/C15H12F4O/c1-7-3-9(16)4-8(2)13(7)15(20)14-11(18)5-10(17)6-12(14)19/h3-6,15,20H,1-2H3. The topological polar surface area (TPSA) is 20.2 Å². The first-order chi connectivity index (χ1) is 9.31. The third-order valence-corrected chi connectivity index (χ3v) is 3.15. The van der Waals surface area contributed by atoms with Crippen LogP contribution in [0.15, 0.2) is 24.3 Å². The van der Waals surface area contributed by atoms with Gasteiger partial charge in [0, 0.05) is 12.1 Å². The largest absolute Gasteiger partial charge is 0.383 e. The Balaban J connectivity index is 2.61. The monoisotopic (exact) mass is 284 g/mol. The van der Waals surface area contributed by atoms with Crippen molar-refractivity contribution in [2.45, 2.75) is 20.0 Å². The Morgan fingerprint density at radius 2 is 1.15 bits per heavy atom. The molecule has 1 nitrogen and oxygen atoms in total. The van der Waals surface area contributed by atoms with Crippen LogP contribution in [0, 0.1) is 37.1 Å². The van der Waals surface area contributed by atoms with Gasteiger partial charge in [-0.05, 0) is 42.7 Å². The minimum absolute atomic E-state index is 0.204. The Morgan fingerprint density at radius 3 is 1.60 bits per heavy atom. The lowest BCUT2D eigenvalue weighted by atomic mass is 9.92. The van der Waals surface area contributed by atoms with E-state index in [2.05, 4.69) is 0 Å². The van der Waals surface area contributed by atoms with E-state index in [-0.39, 0.29) is 5.56 Å². The molecule has 1 atom stereocenters. The summed E-state index contributed by atoms with van der Waals surface area (Å²) in [6.45, 7) is 3.04. The predicted molar refractivity (Wildman–Crippen MR) is 66.3 cm³/mol. The summed E-state index contributed by atoms with van der Waals surface area (Å²) in [5.74, 6) is -3.93. The maximum atomic E-state index is 13.7. The summed E-state index contributed by atoms with van der Waals surface area (Å²) in [7, 11) is 0. The van der Waals surface area contributed by atoms with Crippen LogP contribution in [0.1, 0.15) is 28.4 Å². The zero-order valence-corrected chi connectivity index (χ0v) is 10.8. The van der Waals surface area contributed by atoms with E-state index >= 15 is 0 Å². The number of hydrogen-bond acceptors (Lipinski definition) is 1. The van der Waals surface area contributed by atoms with Gasteiger partial charge in [0.25, 0.3) is 0 Å². The second-order valence-electron chi connectivity index (χ2n) is 4.64. The van der Waals surface area contributed by atoms with Crippen molar-refractivity contribution in [1.82, 2.24) is 0 Å². The Hall–Kier alpha value is -1.88. The van der Waals surface area contributed by atoms with E-state index in [1.54, 1.807) is 0 Å². The third-order valence-electron chi connectivity index (χ3n) is 3.15. The number of aryl methyl sites for hydroxylation is 2. The van der Waals surface area contributed by atoms with Gasteiger partial charge in [0.2, 0.25) is 0 Å². The Kier molecular flexibility index (Phi) is 3.81. The SMILES string of the molecule is Cc1cc(F)cc(C)c1C(O)c1c(F)cc(F)cc1F. The fraction of sp³-hybridized carbons (Fsp3) is 0.200. The minimum Gasteiger partial charge on any atom is -0.383 e. The van der Waals surface area contributed by atoms with Crippen molar-refractivity contribution in [2.75, 3.05) is 0 Å². The van der Waals surface area contributed by atoms with E-state index in [0.29, 0.717) is 23.3 Å². The summed E-state index contributed by atoms with van der Waals surface area (Å²) in [6, 6.07) is 3.31. The summed E-state index contributed by atoms with van der Waals surface area (Å²) in [4.78, 5) is 0. The van der Waals surface area contributed by atoms with Crippen molar-refractivity contribution in [3.63, 3.8) is 0 Å². The highest BCUT2D eigenvalue weighted by Crippen LogP contribution is 2.32. The quantitative estimate of drug-likeness (QED) is 0.828. The summed E-state index contributed by atoms with van der Waals surface area (Å²) >= 11 is 0. The molecule has 0 amide bonds. The zero-order valence-electron chi connectivity index (χ0n) is 10.8. The van der Waals surface area contributed by atoms with Crippen molar-refractivity contribution in [1.29, 1.82) is 0 Å². The fourth-order valence-electron chi connectivity index (χ4n) is 2.31. The highest BCUT2D eigenvalue weighted by Gasteiger charge is 2.24. The van der Waals surface area contributed by atoms with E-state index in [4.69, 9.17) is 0 Å². The Bertz CT molecular complexity index is 563. The first kappa shape index (κ1) is 14.5. The lowest BCUT2D eigenvalue weighted by Crippen LogP contribution is -2.10. The summed E-state index contributed by atoms with van der Waals surface area (Å²) < 4.78 is 53.4. The molecule has 0 radical (unpaired) electrons. The molecule has 0 saturated heterocycles. The summed E-state index contributed by atoms with van der Waals surface area (Å²) in [5.41, 5.74) is 0.274. The van der Waals surface area contributed by atoms with E-state index in [1.165, 1.54) is 13.8 Å². The van der Waals surface area contributed by atoms with Gasteiger partial charge in [-0.3, -0.25) is 0 Å². The van der Waals surface area contributed by atoms with Crippen LogP contribution < -0.4 is 0 Å². The number of halogens is 4. The van der Waals surface area contributed by atoms with E-state index in [9.17, 15) is 22.7 Å². The van der Waals surface area contributed by atoms with E-state index < -0.39 is 34.9 Å². The molecule has 0 bridgehead atoms. The lowest BCUT2D eigenvalue weighted by Gasteiger charge is -2.18. The maximum Gasteiger partial charge on any atom is 0.135 e. The maximum absolute atomic E-state index is 13.7. The number of benzene rings is 2. The van der Waals surface area contributed by atoms with Crippen LogP contribution in [0.4, 0.5) is 17.6 Å². The van der Waals surface area contributed by atoms with Gasteiger partial charge >= 0.3 is 0 Å². The van der Waals surface area contributed by atoms with Crippen LogP contribution in [0.2, 0.25) is 0 Å². The molecule has 1 unspecified atom stereocenters. The van der Waals surface area contributed by atoms with Crippen LogP contribution in [0.5, 0.6) is 0 Å². The molecule has 0 saturated carbocycles. The Morgan fingerprint density at radius 1 is 0.750 bits per heavy atom. The molecule has 0 aliphatic heterocycles. The molecule has 0 spiro atoms. The third kappa shape index (κ3) is 2.54. The lowest BCUT2D eigenvalue weighted by molar-refractivity contribution is 0.207. The van der Waals surface area contributed by atoms with Crippen LogP contribution in [0.25, 0.3) is 0 Å². The van der Waals surface area contributed by atoms with Crippen molar-refractivity contribution in [2.24, 2.45) is 0 Å². The fourth-order valence-corrected chi connectivity index (χ4v) is 2.31. The molecule has 0 aliphatic rings. The van der Waals surface area contributed by atoms with Crippen LogP contribution in [0.3, 0.4) is 0 Å². The smallest absolute Gasteiger partial charge is 0.135 e. The minimum atomic E-state index is -1.63. The summed E-state index contributed by atoms with van der Waals surface area (Å²) in [5, 5.41) is 10.2. The highest BCUT2D eigenvalue weighted by atomic mass is 19.1. The van der Waals surface area contributed by atoms with Gasteiger partial charge in [-0.15, -0.1) is 0 Å². The number of aliphatic hydroxyl groups is 1. The molecule has 0 heterocycles. The normalized spacial score (nSPS) is 12.6. The van der Waals surface area contributed by atoms with E-state index in [0.717, 1.165) is 12.1 Å². The van der Waals surface area contributed by atoms with Crippen molar-refractivity contribution in [3.05, 3.63) is 69.8 Å². The zero-order chi connectivity index (χ0) is 15.0. The molecule has 2 rings (SSSR count). The average Bonchev–Trinajstić information content (AvgIpc) is 2.25. The van der Waals surface area contributed by atoms with Gasteiger partial charge in [0.15, 0.2) is 0 Å². The van der Waals surface area contributed by atoms with E-state index in [1.807, 2.05) is 0 Å². The molecular weight excluding hydrogens is 272 g/mol.